The number of piperidine rings is 1. The van der Waals surface area contributed by atoms with E-state index in [4.69, 9.17) is 9.52 Å². The van der Waals surface area contributed by atoms with E-state index in [-0.39, 0.29) is 11.7 Å². The minimum absolute atomic E-state index is 0.00282. The molecule has 0 radical (unpaired) electrons. The Hall–Kier alpha value is -1.82. The zero-order valence-electron chi connectivity index (χ0n) is 12.5. The Kier molecular flexibility index (Phi) is 5.01. The zero-order valence-corrected chi connectivity index (χ0v) is 12.5. The molecule has 0 atom stereocenters. The second kappa shape index (κ2) is 6.76. The molecule has 2 rings (SSSR count). The highest BCUT2D eigenvalue weighted by atomic mass is 16.4. The molecule has 1 aromatic heterocycles. The van der Waals surface area contributed by atoms with Crippen molar-refractivity contribution in [3.63, 3.8) is 0 Å². The molecule has 0 spiro atoms. The average Bonchev–Trinajstić information content (AvgIpc) is 2.80. The van der Waals surface area contributed by atoms with E-state index in [0.717, 1.165) is 44.6 Å². The molecule has 0 unspecified atom stereocenters. The molecular formula is C15H22N2O4. The van der Waals surface area contributed by atoms with E-state index in [1.807, 2.05) is 0 Å². The predicted molar refractivity (Wildman–Crippen MR) is 77.1 cm³/mol. The second-order valence-electron chi connectivity index (χ2n) is 5.65. The van der Waals surface area contributed by atoms with Crippen LogP contribution in [0.3, 0.4) is 0 Å². The molecule has 0 bridgehead atoms. The maximum atomic E-state index is 10.9. The molecule has 1 fully saturated rings. The van der Waals surface area contributed by atoms with Crippen LogP contribution < -0.4 is 5.32 Å². The van der Waals surface area contributed by atoms with Crippen LogP contribution >= 0.6 is 0 Å². The molecule has 6 nitrogen and oxygen atoms in total. The van der Waals surface area contributed by atoms with E-state index in [1.54, 1.807) is 13.0 Å². The summed E-state index contributed by atoms with van der Waals surface area (Å²) in [6, 6.07) is 1.61. The van der Waals surface area contributed by atoms with Crippen LogP contribution in [0.1, 0.15) is 41.6 Å². The molecule has 2 heterocycles. The van der Waals surface area contributed by atoms with E-state index < -0.39 is 5.97 Å². The molecule has 6 heteroatoms. The van der Waals surface area contributed by atoms with Gasteiger partial charge >= 0.3 is 5.97 Å². The van der Waals surface area contributed by atoms with Gasteiger partial charge in [0, 0.05) is 25.6 Å². The lowest BCUT2D eigenvalue weighted by atomic mass is 9.96. The fraction of sp³-hybridized carbons (Fsp3) is 0.600. The SMILES string of the molecule is CC(=O)NCC1CCN(Cc2cc(C(=O)O)oc2C)CC1. The number of likely N-dealkylation sites (tertiary alicyclic amines) is 1. The van der Waals surface area contributed by atoms with Gasteiger partial charge in [-0.3, -0.25) is 9.69 Å². The first kappa shape index (κ1) is 15.6. The molecule has 1 aromatic rings. The van der Waals surface area contributed by atoms with Crippen molar-refractivity contribution in [2.24, 2.45) is 5.92 Å². The van der Waals surface area contributed by atoms with E-state index in [9.17, 15) is 9.59 Å². The first-order valence-corrected chi connectivity index (χ1v) is 7.25. The van der Waals surface area contributed by atoms with Crippen LogP contribution in [-0.4, -0.2) is 41.5 Å². The number of carboxylic acid groups (broad SMARTS) is 1. The van der Waals surface area contributed by atoms with Gasteiger partial charge in [-0.05, 0) is 44.8 Å². The molecule has 1 amide bonds. The first-order chi connectivity index (χ1) is 9.95. The fourth-order valence-electron chi connectivity index (χ4n) is 2.66. The number of hydrogen-bond acceptors (Lipinski definition) is 4. The maximum Gasteiger partial charge on any atom is 0.371 e. The average molecular weight is 294 g/mol. The predicted octanol–water partition coefficient (Wildman–Crippen LogP) is 1.63. The molecular weight excluding hydrogens is 272 g/mol. The van der Waals surface area contributed by atoms with Crippen LogP contribution in [0.2, 0.25) is 0 Å². The Balaban J connectivity index is 1.83. The molecule has 1 aliphatic rings. The van der Waals surface area contributed by atoms with E-state index in [2.05, 4.69) is 10.2 Å². The second-order valence-corrected chi connectivity index (χ2v) is 5.65. The van der Waals surface area contributed by atoms with Crippen molar-refractivity contribution in [1.29, 1.82) is 0 Å². The van der Waals surface area contributed by atoms with E-state index in [1.165, 1.54) is 6.92 Å². The van der Waals surface area contributed by atoms with Gasteiger partial charge in [0.15, 0.2) is 0 Å². The Morgan fingerprint density at radius 1 is 1.43 bits per heavy atom. The summed E-state index contributed by atoms with van der Waals surface area (Å²) in [6.45, 7) is 6.71. The number of carbonyl (C=O) groups excluding carboxylic acids is 1. The van der Waals surface area contributed by atoms with Gasteiger partial charge in [0.2, 0.25) is 11.7 Å². The molecule has 0 aromatic carbocycles. The summed E-state index contributed by atoms with van der Waals surface area (Å²) in [7, 11) is 0. The maximum absolute atomic E-state index is 10.9. The molecule has 1 aliphatic heterocycles. The largest absolute Gasteiger partial charge is 0.475 e. The van der Waals surface area contributed by atoms with Gasteiger partial charge in [-0.1, -0.05) is 0 Å². The number of rotatable bonds is 5. The number of nitrogens with zero attached hydrogens (tertiary/aromatic N) is 1. The molecule has 116 valence electrons. The Morgan fingerprint density at radius 2 is 2.10 bits per heavy atom. The number of carboxylic acids is 1. The van der Waals surface area contributed by atoms with Crippen molar-refractivity contribution < 1.29 is 19.1 Å². The Labute approximate surface area is 124 Å². The van der Waals surface area contributed by atoms with Crippen molar-refractivity contribution in [2.45, 2.75) is 33.2 Å². The van der Waals surface area contributed by atoms with Gasteiger partial charge < -0.3 is 14.8 Å². The summed E-state index contributed by atoms with van der Waals surface area (Å²) in [5.41, 5.74) is 0.938. The molecule has 21 heavy (non-hydrogen) atoms. The third-order valence-electron chi connectivity index (χ3n) is 3.97. The number of carbonyl (C=O) groups is 2. The minimum atomic E-state index is -1.03. The highest BCUT2D eigenvalue weighted by Gasteiger charge is 2.21. The molecule has 0 saturated carbocycles. The standard InChI is InChI=1S/C15H22N2O4/c1-10-13(7-14(21-10)15(19)20)9-17-5-3-12(4-6-17)8-16-11(2)18/h7,12H,3-6,8-9H2,1-2H3,(H,16,18)(H,19,20). The van der Waals surface area contributed by atoms with Gasteiger partial charge in [-0.15, -0.1) is 0 Å². The number of aryl methyl sites for hydroxylation is 1. The summed E-state index contributed by atoms with van der Waals surface area (Å²) >= 11 is 0. The van der Waals surface area contributed by atoms with Gasteiger partial charge in [-0.2, -0.15) is 0 Å². The highest BCUT2D eigenvalue weighted by molar-refractivity contribution is 5.84. The van der Waals surface area contributed by atoms with Crippen LogP contribution in [0.5, 0.6) is 0 Å². The van der Waals surface area contributed by atoms with E-state index in [0.29, 0.717) is 11.7 Å². The fourth-order valence-corrected chi connectivity index (χ4v) is 2.66. The third kappa shape index (κ3) is 4.32. The molecule has 2 N–H and O–H groups in total. The number of nitrogens with one attached hydrogen (secondary N) is 1. The number of hydrogen-bond donors (Lipinski definition) is 2. The van der Waals surface area contributed by atoms with Gasteiger partial charge in [-0.25, -0.2) is 4.79 Å². The van der Waals surface area contributed by atoms with Gasteiger partial charge in [0.05, 0.1) is 0 Å². The van der Waals surface area contributed by atoms with Crippen molar-refractivity contribution in [3.8, 4) is 0 Å². The van der Waals surface area contributed by atoms with Crippen molar-refractivity contribution >= 4 is 11.9 Å². The lowest BCUT2D eigenvalue weighted by molar-refractivity contribution is -0.119. The summed E-state index contributed by atoms with van der Waals surface area (Å²) in [5.74, 6) is 0.201. The molecule has 1 saturated heterocycles. The van der Waals surface area contributed by atoms with Crippen molar-refractivity contribution in [2.75, 3.05) is 19.6 Å². The topological polar surface area (TPSA) is 82.8 Å². The first-order valence-electron chi connectivity index (χ1n) is 7.25. The van der Waals surface area contributed by atoms with Crippen molar-refractivity contribution in [1.82, 2.24) is 10.2 Å². The van der Waals surface area contributed by atoms with Crippen LogP contribution in [0, 0.1) is 12.8 Å². The lowest BCUT2D eigenvalue weighted by Crippen LogP contribution is -2.37. The van der Waals surface area contributed by atoms with E-state index >= 15 is 0 Å². The third-order valence-corrected chi connectivity index (χ3v) is 3.97. The van der Waals surface area contributed by atoms with Gasteiger partial charge in [0.1, 0.15) is 5.76 Å². The lowest BCUT2D eigenvalue weighted by Gasteiger charge is -2.31. The molecule has 0 aliphatic carbocycles. The quantitative estimate of drug-likeness (QED) is 0.862. The van der Waals surface area contributed by atoms with Crippen LogP contribution in [-0.2, 0) is 11.3 Å². The van der Waals surface area contributed by atoms with Crippen LogP contribution in [0.4, 0.5) is 0 Å². The Morgan fingerprint density at radius 3 is 2.62 bits per heavy atom. The van der Waals surface area contributed by atoms with Crippen LogP contribution in [0.25, 0.3) is 0 Å². The number of furan rings is 1. The number of amides is 1. The minimum Gasteiger partial charge on any atom is -0.475 e. The Bertz CT molecular complexity index is 516. The normalized spacial score (nSPS) is 16.9. The monoisotopic (exact) mass is 294 g/mol. The summed E-state index contributed by atoms with van der Waals surface area (Å²) in [5, 5.41) is 11.8. The van der Waals surface area contributed by atoms with Gasteiger partial charge in [0.25, 0.3) is 0 Å². The zero-order chi connectivity index (χ0) is 15.4. The van der Waals surface area contributed by atoms with Crippen LogP contribution in [0.15, 0.2) is 10.5 Å². The smallest absolute Gasteiger partial charge is 0.371 e. The summed E-state index contributed by atoms with van der Waals surface area (Å²) in [6.07, 6.45) is 2.09. The van der Waals surface area contributed by atoms with Crippen molar-refractivity contribution in [3.05, 3.63) is 23.2 Å². The highest BCUT2D eigenvalue weighted by Crippen LogP contribution is 2.21. The summed E-state index contributed by atoms with van der Waals surface area (Å²) in [4.78, 5) is 24.1. The summed E-state index contributed by atoms with van der Waals surface area (Å²) < 4.78 is 5.23. The number of aromatic carboxylic acids is 1.